The molecule has 3 heterocycles. The van der Waals surface area contributed by atoms with E-state index < -0.39 is 29.9 Å². The predicted octanol–water partition coefficient (Wildman–Crippen LogP) is 2.62. The number of rotatable bonds is 2. The average Bonchev–Trinajstić information content (AvgIpc) is 3.05. The van der Waals surface area contributed by atoms with Crippen molar-refractivity contribution in [3.63, 3.8) is 0 Å². The Morgan fingerprint density at radius 3 is 2.82 bits per heavy atom. The Hall–Kier alpha value is -1.74. The number of alkyl halides is 3. The lowest BCUT2D eigenvalue weighted by molar-refractivity contribution is -0.255. The smallest absolute Gasteiger partial charge is 0.410 e. The van der Waals surface area contributed by atoms with Gasteiger partial charge in [0.25, 0.3) is 0 Å². The van der Waals surface area contributed by atoms with Crippen molar-refractivity contribution in [2.75, 3.05) is 5.32 Å². The topological polar surface area (TPSA) is 70.0 Å². The molecular formula is C12H8ClF3N3O2S-. The van der Waals surface area contributed by atoms with Crippen molar-refractivity contribution in [2.45, 2.75) is 24.7 Å². The third-order valence-electron chi connectivity index (χ3n) is 3.38. The molecule has 22 heavy (non-hydrogen) atoms. The molecule has 1 N–H and O–H groups in total. The van der Waals surface area contributed by atoms with Gasteiger partial charge in [0.15, 0.2) is 6.04 Å². The second-order valence-corrected chi connectivity index (χ2v) is 6.11. The van der Waals surface area contributed by atoms with Crippen LogP contribution in [-0.4, -0.2) is 21.9 Å². The molecule has 0 unspecified atom stereocenters. The van der Waals surface area contributed by atoms with Gasteiger partial charge in [-0.15, -0.1) is 11.3 Å². The maximum atomic E-state index is 13.3. The number of halogens is 4. The van der Waals surface area contributed by atoms with Crippen molar-refractivity contribution >= 4 is 34.7 Å². The minimum absolute atomic E-state index is 0.159. The zero-order valence-corrected chi connectivity index (χ0v) is 12.3. The highest BCUT2D eigenvalue weighted by molar-refractivity contribution is 7.10. The highest BCUT2D eigenvalue weighted by atomic mass is 35.5. The molecule has 0 fully saturated rings. The summed E-state index contributed by atoms with van der Waals surface area (Å²) in [7, 11) is 0. The van der Waals surface area contributed by atoms with Gasteiger partial charge in [-0.2, -0.15) is 18.3 Å². The van der Waals surface area contributed by atoms with Crippen LogP contribution in [0.4, 0.5) is 19.0 Å². The van der Waals surface area contributed by atoms with Crippen LogP contribution >= 0.6 is 22.9 Å². The summed E-state index contributed by atoms with van der Waals surface area (Å²) in [5.74, 6) is -1.88. The molecule has 0 spiro atoms. The van der Waals surface area contributed by atoms with E-state index in [-0.39, 0.29) is 17.3 Å². The minimum atomic E-state index is -4.58. The summed E-state index contributed by atoms with van der Waals surface area (Å²) in [6.07, 6.45) is -4.88. The molecule has 2 aromatic rings. The number of carbonyl (C=O) groups excluding carboxylic acids is 1. The Balaban J connectivity index is 2.10. The maximum absolute atomic E-state index is 13.3. The van der Waals surface area contributed by atoms with Crippen molar-refractivity contribution in [1.82, 2.24) is 9.78 Å². The summed E-state index contributed by atoms with van der Waals surface area (Å²) in [5, 5.41) is 18.6. The van der Waals surface area contributed by atoms with Gasteiger partial charge in [0, 0.05) is 11.3 Å². The van der Waals surface area contributed by atoms with E-state index in [0.29, 0.717) is 9.56 Å². The first-order chi connectivity index (χ1) is 10.3. The lowest BCUT2D eigenvalue weighted by Gasteiger charge is -2.33. The van der Waals surface area contributed by atoms with Gasteiger partial charge in [-0.05, 0) is 11.4 Å². The van der Waals surface area contributed by atoms with Crippen LogP contribution in [0.25, 0.3) is 0 Å². The van der Waals surface area contributed by atoms with E-state index in [1.165, 1.54) is 11.3 Å². The summed E-state index contributed by atoms with van der Waals surface area (Å²) in [5.41, 5.74) is -0.703. The molecule has 0 bridgehead atoms. The summed E-state index contributed by atoms with van der Waals surface area (Å²) >= 11 is 7.15. The molecule has 2 aromatic heterocycles. The third-order valence-corrected chi connectivity index (χ3v) is 4.72. The van der Waals surface area contributed by atoms with Gasteiger partial charge in [-0.25, -0.2) is 4.68 Å². The van der Waals surface area contributed by atoms with Crippen molar-refractivity contribution in [3.8, 4) is 0 Å². The summed E-state index contributed by atoms with van der Waals surface area (Å²) in [6, 6.07) is 0.851. The average molecular weight is 351 g/mol. The van der Waals surface area contributed by atoms with E-state index in [4.69, 9.17) is 11.6 Å². The van der Waals surface area contributed by atoms with Gasteiger partial charge < -0.3 is 15.2 Å². The second-order valence-electron chi connectivity index (χ2n) is 4.75. The molecule has 5 nitrogen and oxygen atoms in total. The predicted molar refractivity (Wildman–Crippen MR) is 72.0 cm³/mol. The van der Waals surface area contributed by atoms with Crippen molar-refractivity contribution in [3.05, 3.63) is 33.1 Å². The lowest BCUT2D eigenvalue weighted by atomic mass is 10.0. The highest BCUT2D eigenvalue weighted by Gasteiger charge is 2.47. The van der Waals surface area contributed by atoms with Gasteiger partial charge in [0.2, 0.25) is 0 Å². The molecular weight excluding hydrogens is 343 g/mol. The molecule has 0 saturated heterocycles. The van der Waals surface area contributed by atoms with Crippen LogP contribution in [0, 0.1) is 0 Å². The monoisotopic (exact) mass is 350 g/mol. The van der Waals surface area contributed by atoms with E-state index in [0.717, 1.165) is 0 Å². The van der Waals surface area contributed by atoms with Crippen LogP contribution < -0.4 is 10.4 Å². The van der Waals surface area contributed by atoms with E-state index in [2.05, 4.69) is 10.4 Å². The molecule has 3 rings (SSSR count). The van der Waals surface area contributed by atoms with E-state index in [1.807, 2.05) is 0 Å². The third kappa shape index (κ3) is 2.44. The van der Waals surface area contributed by atoms with E-state index in [1.54, 1.807) is 17.5 Å². The number of anilines is 1. The number of carbonyl (C=O) groups is 1. The molecule has 1 aliphatic rings. The fourth-order valence-electron chi connectivity index (χ4n) is 2.40. The van der Waals surface area contributed by atoms with Crippen LogP contribution in [-0.2, 0) is 0 Å². The molecule has 1 aliphatic heterocycles. The molecule has 2 atom stereocenters. The lowest BCUT2D eigenvalue weighted by Crippen LogP contribution is -2.35. The second kappa shape index (κ2) is 5.17. The van der Waals surface area contributed by atoms with Crippen molar-refractivity contribution in [1.29, 1.82) is 0 Å². The quantitative estimate of drug-likeness (QED) is 0.904. The summed E-state index contributed by atoms with van der Waals surface area (Å²) in [6.45, 7) is 0. The minimum Gasteiger partial charge on any atom is -0.543 e. The number of carboxylic acids is 1. The van der Waals surface area contributed by atoms with E-state index in [9.17, 15) is 23.1 Å². The number of hydrogen-bond acceptors (Lipinski definition) is 5. The van der Waals surface area contributed by atoms with Crippen LogP contribution in [0.1, 0.15) is 33.9 Å². The molecule has 0 saturated carbocycles. The van der Waals surface area contributed by atoms with Crippen LogP contribution in [0.5, 0.6) is 0 Å². The molecule has 0 amide bonds. The number of fused-ring (bicyclic) bond motifs is 1. The molecule has 0 radical (unpaired) electrons. The Labute approximate surface area is 131 Å². The highest BCUT2D eigenvalue weighted by Crippen LogP contribution is 2.46. The number of carboxylic acid groups (broad SMARTS) is 1. The van der Waals surface area contributed by atoms with E-state index >= 15 is 0 Å². The van der Waals surface area contributed by atoms with Crippen LogP contribution in [0.15, 0.2) is 17.5 Å². The zero-order chi connectivity index (χ0) is 16.1. The summed E-state index contributed by atoms with van der Waals surface area (Å²) < 4.78 is 40.4. The van der Waals surface area contributed by atoms with Gasteiger partial charge in [-0.1, -0.05) is 17.7 Å². The van der Waals surface area contributed by atoms with Gasteiger partial charge in [-0.3, -0.25) is 0 Å². The number of nitrogens with one attached hydrogen (secondary N) is 1. The number of thiophene rings is 1. The number of aromatic nitrogens is 2. The van der Waals surface area contributed by atoms with Gasteiger partial charge >= 0.3 is 6.18 Å². The Kier molecular flexibility index (Phi) is 3.56. The molecule has 0 aromatic carbocycles. The zero-order valence-electron chi connectivity index (χ0n) is 10.7. The maximum Gasteiger partial charge on any atom is 0.410 e. The van der Waals surface area contributed by atoms with Crippen molar-refractivity contribution in [2.24, 2.45) is 0 Å². The largest absolute Gasteiger partial charge is 0.543 e. The molecule has 0 aliphatic carbocycles. The number of aromatic carboxylic acids is 1. The normalized spacial score (nSPS) is 21.3. The Morgan fingerprint density at radius 2 is 2.27 bits per heavy atom. The number of nitrogens with zero attached hydrogens (tertiary/aromatic N) is 2. The standard InChI is InChI=1S/C12H9ClF3N3O2S/c13-8-9(11(20)21)18-19-7(12(14,15)16)4-5(17-10(8)19)6-2-1-3-22-6/h1-3,5,7,17H,4H2,(H,20,21)/p-1/t5-,7-/m1/s1. The first-order valence-corrected chi connectivity index (χ1v) is 7.40. The van der Waals surface area contributed by atoms with Crippen molar-refractivity contribution < 1.29 is 23.1 Å². The SMILES string of the molecule is O=C([O-])c1nn2c(c1Cl)N[C@@H](c1cccs1)C[C@@H]2C(F)(F)F. The van der Waals surface area contributed by atoms with Gasteiger partial charge in [0.1, 0.15) is 16.5 Å². The first-order valence-electron chi connectivity index (χ1n) is 6.15. The van der Waals surface area contributed by atoms with Gasteiger partial charge in [0.05, 0.1) is 12.0 Å². The molecule has 10 heteroatoms. The fraction of sp³-hybridized carbons (Fsp3) is 0.333. The Morgan fingerprint density at radius 1 is 1.55 bits per heavy atom. The first kappa shape index (κ1) is 15.2. The number of hydrogen-bond donors (Lipinski definition) is 1. The Bertz CT molecular complexity index is 714. The molecule has 118 valence electrons. The van der Waals surface area contributed by atoms with Crippen LogP contribution in [0.3, 0.4) is 0 Å². The van der Waals surface area contributed by atoms with Crippen LogP contribution in [0.2, 0.25) is 5.02 Å². The summed E-state index contributed by atoms with van der Waals surface area (Å²) in [4.78, 5) is 11.6. The fourth-order valence-corrected chi connectivity index (χ4v) is 3.44.